The van der Waals surface area contributed by atoms with E-state index in [1.54, 1.807) is 43.6 Å². The van der Waals surface area contributed by atoms with Crippen LogP contribution < -0.4 is 14.2 Å². The number of halogens is 2. The van der Waals surface area contributed by atoms with Gasteiger partial charge in [-0.15, -0.1) is 0 Å². The van der Waals surface area contributed by atoms with Crippen LogP contribution in [0.1, 0.15) is 36.8 Å². The third-order valence-corrected chi connectivity index (χ3v) is 10.2. The molecule has 0 N–H and O–H groups in total. The fourth-order valence-corrected chi connectivity index (χ4v) is 7.50. The summed E-state index contributed by atoms with van der Waals surface area (Å²) < 4.78 is 46.6. The number of ketones is 2. The van der Waals surface area contributed by atoms with Crippen LogP contribution in [0.3, 0.4) is 0 Å². The number of fused-ring (bicyclic) bond motifs is 2. The van der Waals surface area contributed by atoms with E-state index in [1.165, 1.54) is 37.1 Å². The van der Waals surface area contributed by atoms with Crippen molar-refractivity contribution in [3.05, 3.63) is 89.6 Å². The van der Waals surface area contributed by atoms with Crippen molar-refractivity contribution in [3.63, 3.8) is 0 Å². The normalized spacial score (nSPS) is 21.4. The van der Waals surface area contributed by atoms with Crippen molar-refractivity contribution in [2.75, 3.05) is 33.9 Å². The lowest BCUT2D eigenvalue weighted by atomic mass is 9.88. The van der Waals surface area contributed by atoms with Crippen molar-refractivity contribution in [3.8, 4) is 23.0 Å². The Morgan fingerprint density at radius 1 is 0.851 bits per heavy atom. The van der Waals surface area contributed by atoms with Crippen LogP contribution in [0.4, 0.5) is 8.78 Å². The maximum Gasteiger partial charge on any atom is 0.166 e. The number of nitrogens with zero attached hydrogens (tertiary/aromatic N) is 2. The number of rotatable bonds is 12. The van der Waals surface area contributed by atoms with Gasteiger partial charge in [0.05, 0.1) is 24.6 Å². The second-order valence-corrected chi connectivity index (χ2v) is 13.5. The third kappa shape index (κ3) is 6.46. The van der Waals surface area contributed by atoms with Crippen molar-refractivity contribution >= 4 is 22.5 Å². The van der Waals surface area contributed by atoms with Crippen LogP contribution in [-0.4, -0.2) is 55.3 Å². The van der Waals surface area contributed by atoms with Crippen LogP contribution in [-0.2, 0) is 22.4 Å². The molecule has 1 aliphatic heterocycles. The molecule has 2 unspecified atom stereocenters. The molecule has 3 aliphatic rings. The van der Waals surface area contributed by atoms with Gasteiger partial charge in [0.1, 0.15) is 11.6 Å². The van der Waals surface area contributed by atoms with Crippen molar-refractivity contribution < 1.29 is 32.6 Å². The molecule has 2 saturated carbocycles. The van der Waals surface area contributed by atoms with Gasteiger partial charge in [-0.05, 0) is 98.0 Å². The molecule has 2 aliphatic carbocycles. The number of Topliss-reactive ketones (excluding diaryl/α,β-unsaturated/α-hetero) is 2. The molecule has 4 aromatic rings. The average Bonchev–Trinajstić information content (AvgIpc) is 3.69. The molecule has 1 aromatic heterocycles. The van der Waals surface area contributed by atoms with E-state index in [4.69, 9.17) is 14.2 Å². The van der Waals surface area contributed by atoms with E-state index in [1.807, 2.05) is 6.07 Å². The van der Waals surface area contributed by atoms with Gasteiger partial charge in [0.25, 0.3) is 0 Å². The Morgan fingerprint density at radius 3 is 2.19 bits per heavy atom. The van der Waals surface area contributed by atoms with Crippen molar-refractivity contribution in [2.24, 2.45) is 23.2 Å². The maximum absolute atomic E-state index is 15.3. The average molecular weight is 641 g/mol. The number of carbonyl (C=O) groups excluding carboxylic acids is 2. The number of methoxy groups -OCH3 is 1. The fraction of sp³-hybridized carbons (Fsp3) is 0.395. The molecule has 0 radical (unpaired) electrons. The summed E-state index contributed by atoms with van der Waals surface area (Å²) in [7, 11) is 3.78. The summed E-state index contributed by atoms with van der Waals surface area (Å²) in [6, 6.07) is 15.4. The van der Waals surface area contributed by atoms with Crippen LogP contribution in [0.15, 0.2) is 66.9 Å². The smallest absolute Gasteiger partial charge is 0.166 e. The predicted octanol–water partition coefficient (Wildman–Crippen LogP) is 6.98. The number of aromatic nitrogens is 1. The second-order valence-electron chi connectivity index (χ2n) is 13.5. The number of hydrogen-bond acceptors (Lipinski definition) is 7. The SMILES string of the molecule is COc1cc2c(Oc3ccc(CC(=O)C4(C(=O)Cc5ccc(F)cc5)CC4)cc3F)ccnc2cc1OCC1CC2CN(C)CC2C1. The van der Waals surface area contributed by atoms with Gasteiger partial charge in [0.15, 0.2) is 34.6 Å². The highest BCUT2D eigenvalue weighted by Crippen LogP contribution is 2.49. The Hall–Kier alpha value is -4.37. The van der Waals surface area contributed by atoms with Crippen molar-refractivity contribution in [1.82, 2.24) is 9.88 Å². The standard InChI is InChI=1S/C38H38F2N2O5/c1-42-20-26-13-25(14-27(26)21-42)22-46-35-19-31-29(18-34(35)45-2)32(9-12-41-31)47-33-8-5-24(15-30(33)40)17-37(44)38(10-11-38)36(43)16-23-3-6-28(39)7-4-23/h3-9,12,15,18-19,25-27H,10-11,13-14,16-17,20-22H2,1-2H3. The van der Waals surface area contributed by atoms with Gasteiger partial charge in [0.2, 0.25) is 0 Å². The molecule has 3 aromatic carbocycles. The molecule has 9 heteroatoms. The summed E-state index contributed by atoms with van der Waals surface area (Å²) in [5.41, 5.74) is 0.699. The minimum Gasteiger partial charge on any atom is -0.493 e. The number of likely N-dealkylation sites (tertiary alicyclic amines) is 1. The largest absolute Gasteiger partial charge is 0.493 e. The zero-order chi connectivity index (χ0) is 32.7. The van der Waals surface area contributed by atoms with E-state index >= 15 is 4.39 Å². The van der Waals surface area contributed by atoms with Gasteiger partial charge in [-0.25, -0.2) is 8.78 Å². The summed E-state index contributed by atoms with van der Waals surface area (Å²) in [4.78, 5) is 33.2. The van der Waals surface area contributed by atoms with Gasteiger partial charge in [0, 0.05) is 43.6 Å². The molecule has 244 valence electrons. The quantitative estimate of drug-likeness (QED) is 0.155. The predicted molar refractivity (Wildman–Crippen MR) is 173 cm³/mol. The second kappa shape index (κ2) is 12.7. The van der Waals surface area contributed by atoms with Gasteiger partial charge >= 0.3 is 0 Å². The molecule has 7 rings (SSSR count). The first-order chi connectivity index (χ1) is 22.7. The summed E-state index contributed by atoms with van der Waals surface area (Å²) >= 11 is 0. The van der Waals surface area contributed by atoms with Gasteiger partial charge < -0.3 is 19.1 Å². The molecule has 0 amide bonds. The Bertz CT molecular complexity index is 1810. The van der Waals surface area contributed by atoms with Crippen LogP contribution in [0.5, 0.6) is 23.0 Å². The minimum absolute atomic E-state index is 0.000981. The highest BCUT2D eigenvalue weighted by molar-refractivity contribution is 6.11. The molecule has 7 nitrogen and oxygen atoms in total. The summed E-state index contributed by atoms with van der Waals surface area (Å²) in [6.45, 7) is 2.95. The molecular weight excluding hydrogens is 602 g/mol. The Kier molecular flexibility index (Phi) is 8.43. The van der Waals surface area contributed by atoms with Crippen LogP contribution in [0.2, 0.25) is 0 Å². The van der Waals surface area contributed by atoms with Crippen molar-refractivity contribution in [2.45, 2.75) is 38.5 Å². The maximum atomic E-state index is 15.3. The van der Waals surface area contributed by atoms with E-state index in [0.29, 0.717) is 64.6 Å². The number of pyridine rings is 1. The molecular formula is C38H38F2N2O5. The molecule has 3 fully saturated rings. The van der Waals surface area contributed by atoms with E-state index in [0.717, 1.165) is 24.9 Å². The zero-order valence-electron chi connectivity index (χ0n) is 26.6. The fourth-order valence-electron chi connectivity index (χ4n) is 7.50. The number of carbonyl (C=O) groups is 2. The first-order valence-electron chi connectivity index (χ1n) is 16.3. The minimum atomic E-state index is -1.05. The van der Waals surface area contributed by atoms with Gasteiger partial charge in [-0.2, -0.15) is 0 Å². The summed E-state index contributed by atoms with van der Waals surface area (Å²) in [5.74, 6) is 2.16. The lowest BCUT2D eigenvalue weighted by molar-refractivity contribution is -0.133. The number of benzene rings is 3. The van der Waals surface area contributed by atoms with E-state index < -0.39 is 11.2 Å². The lowest BCUT2D eigenvalue weighted by Gasteiger charge is -2.18. The number of hydrogen-bond donors (Lipinski definition) is 0. The Morgan fingerprint density at radius 2 is 1.53 bits per heavy atom. The monoisotopic (exact) mass is 640 g/mol. The highest BCUT2D eigenvalue weighted by Gasteiger charge is 2.54. The van der Waals surface area contributed by atoms with Crippen LogP contribution >= 0.6 is 0 Å². The first-order valence-corrected chi connectivity index (χ1v) is 16.3. The molecule has 2 heterocycles. The molecule has 2 atom stereocenters. The topological polar surface area (TPSA) is 78.0 Å². The van der Waals surface area contributed by atoms with Gasteiger partial charge in [-0.1, -0.05) is 18.2 Å². The van der Waals surface area contributed by atoms with Crippen LogP contribution in [0, 0.1) is 34.8 Å². The van der Waals surface area contributed by atoms with Gasteiger partial charge in [-0.3, -0.25) is 14.6 Å². The van der Waals surface area contributed by atoms with Crippen molar-refractivity contribution in [1.29, 1.82) is 0 Å². The molecule has 0 spiro atoms. The molecule has 1 saturated heterocycles. The number of ether oxygens (including phenoxy) is 3. The Labute approximate surface area is 272 Å². The third-order valence-electron chi connectivity index (χ3n) is 10.2. The van der Waals surface area contributed by atoms with Crippen LogP contribution in [0.25, 0.3) is 10.9 Å². The molecule has 47 heavy (non-hydrogen) atoms. The summed E-state index contributed by atoms with van der Waals surface area (Å²) in [6.07, 6.45) is 4.90. The first kappa shape index (κ1) is 31.2. The lowest BCUT2D eigenvalue weighted by Crippen LogP contribution is -2.28. The van der Waals surface area contributed by atoms with E-state index in [-0.39, 0.29) is 36.0 Å². The highest BCUT2D eigenvalue weighted by atomic mass is 19.1. The van der Waals surface area contributed by atoms with E-state index in [2.05, 4.69) is 16.9 Å². The zero-order valence-corrected chi connectivity index (χ0v) is 26.6. The molecule has 0 bridgehead atoms. The van der Waals surface area contributed by atoms with E-state index in [9.17, 15) is 14.0 Å². The summed E-state index contributed by atoms with van der Waals surface area (Å²) in [5, 5.41) is 0.643. The Balaban J connectivity index is 1.01.